The lowest BCUT2D eigenvalue weighted by Crippen LogP contribution is -2.11. The van der Waals surface area contributed by atoms with Gasteiger partial charge >= 0.3 is 0 Å². The third kappa shape index (κ3) is 4.73. The summed E-state index contributed by atoms with van der Waals surface area (Å²) in [6.07, 6.45) is 0. The average Bonchev–Trinajstić information content (AvgIpc) is 3.54. The van der Waals surface area contributed by atoms with E-state index in [0.717, 1.165) is 50.5 Å². The van der Waals surface area contributed by atoms with Crippen LogP contribution in [0.5, 0.6) is 0 Å². The van der Waals surface area contributed by atoms with Gasteiger partial charge in [0.05, 0.1) is 5.69 Å². The first-order valence-electron chi connectivity index (χ1n) is 14.9. The molecule has 0 N–H and O–H groups in total. The standard InChI is InChI=1S/C42H29NO/c1-2-13-31(14-3-1)38-18-9-10-20-40(38)43(36-27-22-30-12-4-5-15-33(30)28-36)35-25-23-32(24-26-35)37-17-7-8-19-39(37)42-29-34-16-6-11-21-41(34)44-42/h1-29H. The Kier molecular flexibility index (Phi) is 6.51. The molecule has 1 heterocycles. The molecule has 0 unspecified atom stereocenters. The molecule has 7 aromatic carbocycles. The zero-order valence-corrected chi connectivity index (χ0v) is 24.1. The van der Waals surface area contributed by atoms with Gasteiger partial charge in [0.2, 0.25) is 0 Å². The molecule has 0 radical (unpaired) electrons. The van der Waals surface area contributed by atoms with E-state index in [1.54, 1.807) is 0 Å². The fourth-order valence-electron chi connectivity index (χ4n) is 6.13. The first kappa shape index (κ1) is 25.8. The zero-order chi connectivity index (χ0) is 29.3. The molecule has 0 amide bonds. The van der Waals surface area contributed by atoms with E-state index in [1.165, 1.54) is 21.9 Å². The zero-order valence-electron chi connectivity index (χ0n) is 24.1. The molecule has 0 spiro atoms. The maximum absolute atomic E-state index is 6.28. The lowest BCUT2D eigenvalue weighted by molar-refractivity contribution is 0.632. The average molecular weight is 564 g/mol. The number of nitrogens with zero attached hydrogens (tertiary/aromatic N) is 1. The molecule has 1 aromatic heterocycles. The van der Waals surface area contributed by atoms with E-state index in [4.69, 9.17) is 4.42 Å². The molecule has 0 atom stereocenters. The molecular weight excluding hydrogens is 534 g/mol. The second kappa shape index (κ2) is 11.1. The Morgan fingerprint density at radius 2 is 0.955 bits per heavy atom. The van der Waals surface area contributed by atoms with Gasteiger partial charge in [-0.2, -0.15) is 0 Å². The lowest BCUT2D eigenvalue weighted by atomic mass is 9.97. The monoisotopic (exact) mass is 563 g/mol. The molecule has 8 rings (SSSR count). The fraction of sp³-hybridized carbons (Fsp3) is 0. The van der Waals surface area contributed by atoms with Gasteiger partial charge in [-0.3, -0.25) is 0 Å². The predicted octanol–water partition coefficient (Wildman–Crippen LogP) is 12.1. The molecule has 0 bridgehead atoms. The van der Waals surface area contributed by atoms with Crippen LogP contribution in [0.1, 0.15) is 0 Å². The number of para-hydroxylation sites is 2. The highest BCUT2D eigenvalue weighted by molar-refractivity contribution is 5.94. The van der Waals surface area contributed by atoms with Crippen molar-refractivity contribution < 1.29 is 4.42 Å². The summed E-state index contributed by atoms with van der Waals surface area (Å²) in [5, 5.41) is 3.55. The van der Waals surface area contributed by atoms with Crippen molar-refractivity contribution in [1.82, 2.24) is 0 Å². The van der Waals surface area contributed by atoms with Crippen molar-refractivity contribution in [2.24, 2.45) is 0 Å². The summed E-state index contributed by atoms with van der Waals surface area (Å²) < 4.78 is 6.28. The van der Waals surface area contributed by atoms with Gasteiger partial charge in [0.1, 0.15) is 11.3 Å². The van der Waals surface area contributed by atoms with Crippen molar-refractivity contribution >= 4 is 38.8 Å². The molecule has 0 saturated carbocycles. The highest BCUT2D eigenvalue weighted by atomic mass is 16.3. The molecule has 0 aliphatic carbocycles. The Hall–Kier alpha value is -5.86. The highest BCUT2D eigenvalue weighted by Gasteiger charge is 2.18. The largest absolute Gasteiger partial charge is 0.456 e. The van der Waals surface area contributed by atoms with Gasteiger partial charge < -0.3 is 9.32 Å². The van der Waals surface area contributed by atoms with Crippen LogP contribution in [-0.2, 0) is 0 Å². The van der Waals surface area contributed by atoms with E-state index in [-0.39, 0.29) is 0 Å². The molecule has 2 heteroatoms. The van der Waals surface area contributed by atoms with E-state index in [1.807, 2.05) is 18.2 Å². The van der Waals surface area contributed by atoms with Crippen molar-refractivity contribution in [3.8, 4) is 33.6 Å². The molecule has 44 heavy (non-hydrogen) atoms. The van der Waals surface area contributed by atoms with Crippen molar-refractivity contribution in [2.75, 3.05) is 4.90 Å². The molecule has 0 aliphatic rings. The van der Waals surface area contributed by atoms with Gasteiger partial charge in [-0.1, -0.05) is 133 Å². The van der Waals surface area contributed by atoms with Crippen LogP contribution < -0.4 is 4.90 Å². The number of fused-ring (bicyclic) bond motifs is 2. The summed E-state index contributed by atoms with van der Waals surface area (Å²) in [6, 6.07) is 62.1. The molecular formula is C42H29NO. The van der Waals surface area contributed by atoms with Crippen LogP contribution in [0.25, 0.3) is 55.3 Å². The van der Waals surface area contributed by atoms with E-state index >= 15 is 0 Å². The number of benzene rings is 7. The molecule has 0 fully saturated rings. The predicted molar refractivity (Wildman–Crippen MR) is 185 cm³/mol. The quantitative estimate of drug-likeness (QED) is 0.200. The fourth-order valence-corrected chi connectivity index (χ4v) is 6.13. The van der Waals surface area contributed by atoms with Crippen molar-refractivity contribution in [2.45, 2.75) is 0 Å². The Bertz CT molecular complexity index is 2190. The minimum absolute atomic E-state index is 0.875. The van der Waals surface area contributed by atoms with Crippen molar-refractivity contribution in [3.05, 3.63) is 176 Å². The van der Waals surface area contributed by atoms with Gasteiger partial charge in [0, 0.05) is 27.9 Å². The topological polar surface area (TPSA) is 16.4 Å². The molecule has 208 valence electrons. The van der Waals surface area contributed by atoms with Gasteiger partial charge in [0.25, 0.3) is 0 Å². The molecule has 2 nitrogen and oxygen atoms in total. The Balaban J connectivity index is 1.26. The third-order valence-electron chi connectivity index (χ3n) is 8.28. The maximum atomic E-state index is 6.28. The van der Waals surface area contributed by atoms with Crippen LogP contribution in [0.15, 0.2) is 180 Å². The maximum Gasteiger partial charge on any atom is 0.136 e. The second-order valence-corrected chi connectivity index (χ2v) is 11.0. The number of rotatable bonds is 6. The van der Waals surface area contributed by atoms with Crippen LogP contribution >= 0.6 is 0 Å². The van der Waals surface area contributed by atoms with E-state index in [9.17, 15) is 0 Å². The summed E-state index contributed by atoms with van der Waals surface area (Å²) in [7, 11) is 0. The number of hydrogen-bond donors (Lipinski definition) is 0. The summed E-state index contributed by atoms with van der Waals surface area (Å²) in [5.41, 5.74) is 9.96. The van der Waals surface area contributed by atoms with E-state index in [2.05, 4.69) is 163 Å². The van der Waals surface area contributed by atoms with Gasteiger partial charge in [-0.05, 0) is 69.9 Å². The first-order chi connectivity index (χ1) is 21.8. The summed E-state index contributed by atoms with van der Waals surface area (Å²) >= 11 is 0. The normalized spacial score (nSPS) is 11.2. The smallest absolute Gasteiger partial charge is 0.136 e. The SMILES string of the molecule is c1ccc(-c2ccccc2N(c2ccc(-c3ccccc3-c3cc4ccccc4o3)cc2)c2ccc3ccccc3c2)cc1. The second-order valence-electron chi connectivity index (χ2n) is 11.0. The lowest BCUT2D eigenvalue weighted by Gasteiger charge is -2.28. The van der Waals surface area contributed by atoms with Crippen LogP contribution in [0.3, 0.4) is 0 Å². The molecule has 8 aromatic rings. The number of anilines is 3. The van der Waals surface area contributed by atoms with Gasteiger partial charge in [-0.25, -0.2) is 0 Å². The minimum Gasteiger partial charge on any atom is -0.456 e. The Morgan fingerprint density at radius 1 is 0.364 bits per heavy atom. The molecule has 0 aliphatic heterocycles. The number of furan rings is 1. The summed E-state index contributed by atoms with van der Waals surface area (Å²) in [4.78, 5) is 2.36. The van der Waals surface area contributed by atoms with Gasteiger partial charge in [-0.15, -0.1) is 0 Å². The van der Waals surface area contributed by atoms with E-state index in [0.29, 0.717) is 0 Å². The Morgan fingerprint density at radius 3 is 1.75 bits per heavy atom. The highest BCUT2D eigenvalue weighted by Crippen LogP contribution is 2.43. The summed E-state index contributed by atoms with van der Waals surface area (Å²) in [5.74, 6) is 0.875. The van der Waals surface area contributed by atoms with Crippen molar-refractivity contribution in [1.29, 1.82) is 0 Å². The molecule has 0 saturated heterocycles. The van der Waals surface area contributed by atoms with Crippen LogP contribution in [0, 0.1) is 0 Å². The Labute approximate surface area is 257 Å². The number of hydrogen-bond acceptors (Lipinski definition) is 2. The van der Waals surface area contributed by atoms with Crippen molar-refractivity contribution in [3.63, 3.8) is 0 Å². The van der Waals surface area contributed by atoms with Gasteiger partial charge in [0.15, 0.2) is 0 Å². The van der Waals surface area contributed by atoms with Crippen LogP contribution in [0.2, 0.25) is 0 Å². The van der Waals surface area contributed by atoms with Crippen LogP contribution in [-0.4, -0.2) is 0 Å². The summed E-state index contributed by atoms with van der Waals surface area (Å²) in [6.45, 7) is 0. The van der Waals surface area contributed by atoms with E-state index < -0.39 is 0 Å². The van der Waals surface area contributed by atoms with Crippen LogP contribution in [0.4, 0.5) is 17.1 Å². The first-order valence-corrected chi connectivity index (χ1v) is 14.9. The minimum atomic E-state index is 0.875. The third-order valence-corrected chi connectivity index (χ3v) is 8.28.